The quantitative estimate of drug-likeness (QED) is 0.202. The molecule has 7 rings (SSSR count). The largest absolute Gasteiger partial charge is 0.514 e. The van der Waals surface area contributed by atoms with Gasteiger partial charge in [-0.3, -0.25) is 4.57 Å². The average molecular weight is 483 g/mol. The number of nitrogens with one attached hydrogen (secondary N) is 1. The molecule has 0 spiro atoms. The molecule has 0 aliphatic rings. The Morgan fingerprint density at radius 2 is 1.35 bits per heavy atom. The lowest BCUT2D eigenvalue weighted by molar-refractivity contribution is 0.119. The molecule has 6 aromatic carbocycles. The first kappa shape index (κ1) is 21.3. The summed E-state index contributed by atoms with van der Waals surface area (Å²) < 4.78 is 12.6. The van der Waals surface area contributed by atoms with Crippen molar-refractivity contribution in [3.8, 4) is 11.6 Å². The third kappa shape index (κ3) is 3.28. The van der Waals surface area contributed by atoms with Crippen molar-refractivity contribution in [1.82, 2.24) is 4.57 Å². The number of rotatable bonds is 4. The Labute approximate surface area is 212 Å². The van der Waals surface area contributed by atoms with Crippen molar-refractivity contribution in [2.75, 3.05) is 12.4 Å². The molecule has 0 amide bonds. The molecule has 7 aromatic rings. The molecule has 5 nitrogen and oxygen atoms in total. The van der Waals surface area contributed by atoms with E-state index in [0.717, 1.165) is 27.7 Å². The molecule has 0 radical (unpaired) electrons. The van der Waals surface area contributed by atoms with Gasteiger partial charge in [0.1, 0.15) is 5.69 Å². The number of ether oxygens (including phenoxy) is 2. The molecule has 5 heteroatoms. The highest BCUT2D eigenvalue weighted by atomic mass is 16.7. The first-order chi connectivity index (χ1) is 18.2. The maximum absolute atomic E-state index is 12.4. The Kier molecular flexibility index (Phi) is 4.76. The van der Waals surface area contributed by atoms with Gasteiger partial charge in [-0.15, -0.1) is 0 Å². The first-order valence-corrected chi connectivity index (χ1v) is 12.1. The summed E-state index contributed by atoms with van der Waals surface area (Å²) in [5.41, 5.74) is 3.41. The Balaban J connectivity index is 1.50. The van der Waals surface area contributed by atoms with Crippen LogP contribution in [0.4, 0.5) is 16.2 Å². The van der Waals surface area contributed by atoms with Gasteiger partial charge in [-0.05, 0) is 51.2 Å². The van der Waals surface area contributed by atoms with Gasteiger partial charge in [0.2, 0.25) is 5.88 Å². The summed E-state index contributed by atoms with van der Waals surface area (Å²) >= 11 is 0. The number of fused-ring (bicyclic) bond motifs is 1. The Hall–Kier alpha value is -5.03. The zero-order valence-electron chi connectivity index (χ0n) is 20.1. The Bertz CT molecular complexity index is 1920. The zero-order valence-corrected chi connectivity index (χ0v) is 20.1. The van der Waals surface area contributed by atoms with Crippen LogP contribution in [0.3, 0.4) is 0 Å². The minimum Gasteiger partial charge on any atom is -0.437 e. The lowest BCUT2D eigenvalue weighted by Gasteiger charge is -2.16. The predicted molar refractivity (Wildman–Crippen MR) is 150 cm³/mol. The van der Waals surface area contributed by atoms with Crippen LogP contribution in [0.2, 0.25) is 0 Å². The van der Waals surface area contributed by atoms with Crippen molar-refractivity contribution in [2.24, 2.45) is 0 Å². The highest BCUT2D eigenvalue weighted by Gasteiger charge is 2.23. The molecule has 1 aromatic heterocycles. The molecule has 0 aliphatic heterocycles. The maximum atomic E-state index is 12.4. The van der Waals surface area contributed by atoms with Gasteiger partial charge in [0, 0.05) is 22.1 Å². The van der Waals surface area contributed by atoms with Crippen LogP contribution in [0.5, 0.6) is 5.88 Å². The number of aromatic nitrogens is 1. The van der Waals surface area contributed by atoms with Crippen molar-refractivity contribution < 1.29 is 14.3 Å². The summed E-state index contributed by atoms with van der Waals surface area (Å²) in [6.45, 7) is 0. The van der Waals surface area contributed by atoms with E-state index in [9.17, 15) is 4.79 Å². The van der Waals surface area contributed by atoms with Crippen molar-refractivity contribution in [1.29, 1.82) is 0 Å². The molecule has 37 heavy (non-hydrogen) atoms. The van der Waals surface area contributed by atoms with Crippen LogP contribution in [-0.2, 0) is 4.74 Å². The van der Waals surface area contributed by atoms with E-state index in [4.69, 9.17) is 9.47 Å². The van der Waals surface area contributed by atoms with E-state index in [2.05, 4.69) is 59.9 Å². The predicted octanol–water partition coefficient (Wildman–Crippen LogP) is 8.42. The van der Waals surface area contributed by atoms with E-state index >= 15 is 0 Å². The average Bonchev–Trinajstić information content (AvgIpc) is 3.25. The van der Waals surface area contributed by atoms with Crippen LogP contribution in [0.15, 0.2) is 109 Å². The number of benzene rings is 6. The number of nitrogens with zero attached hydrogens (tertiary/aromatic N) is 1. The van der Waals surface area contributed by atoms with E-state index in [1.54, 1.807) is 0 Å². The fourth-order valence-electron chi connectivity index (χ4n) is 5.37. The number of hydrogen-bond donors (Lipinski definition) is 1. The topological polar surface area (TPSA) is 52.5 Å². The highest BCUT2D eigenvalue weighted by Crippen LogP contribution is 2.44. The monoisotopic (exact) mass is 482 g/mol. The molecular formula is C32H22N2O3. The maximum Gasteiger partial charge on any atom is 0.514 e. The standard InChI is InChI=1S/C32H22N2O3/c1-36-32(35)37-31-30(25-12-5-6-13-27(25)34(31)23-10-3-2-4-11-23)33-26-19-17-22-15-14-20-8-7-9-21-16-18-24(26)29(22)28(20)21/h2-19,33H,1H3. The molecule has 0 saturated heterocycles. The van der Waals surface area contributed by atoms with Crippen molar-refractivity contribution in [2.45, 2.75) is 0 Å². The molecular weight excluding hydrogens is 460 g/mol. The first-order valence-electron chi connectivity index (χ1n) is 12.1. The number of para-hydroxylation sites is 2. The molecule has 0 unspecified atom stereocenters. The summed E-state index contributed by atoms with van der Waals surface area (Å²) in [5, 5.41) is 11.7. The second-order valence-corrected chi connectivity index (χ2v) is 9.02. The van der Waals surface area contributed by atoms with Crippen LogP contribution in [0.25, 0.3) is 48.9 Å². The normalized spacial score (nSPS) is 11.5. The molecule has 0 aliphatic carbocycles. The minimum atomic E-state index is -0.779. The summed E-state index contributed by atoms with van der Waals surface area (Å²) in [6, 6.07) is 37.1. The van der Waals surface area contributed by atoms with Crippen molar-refractivity contribution in [3.63, 3.8) is 0 Å². The number of carbonyl (C=O) groups excluding carboxylic acids is 1. The third-order valence-electron chi connectivity index (χ3n) is 6.98. The Morgan fingerprint density at radius 1 is 0.676 bits per heavy atom. The van der Waals surface area contributed by atoms with Gasteiger partial charge < -0.3 is 14.8 Å². The van der Waals surface area contributed by atoms with Gasteiger partial charge in [-0.1, -0.05) is 84.9 Å². The molecule has 0 atom stereocenters. The van der Waals surface area contributed by atoms with E-state index in [0.29, 0.717) is 11.6 Å². The second kappa shape index (κ2) is 8.28. The van der Waals surface area contributed by atoms with Crippen LogP contribution in [0, 0.1) is 0 Å². The summed E-state index contributed by atoms with van der Waals surface area (Å²) in [6.07, 6.45) is -0.779. The van der Waals surface area contributed by atoms with E-state index in [-0.39, 0.29) is 0 Å². The summed E-state index contributed by atoms with van der Waals surface area (Å²) in [7, 11) is 1.31. The van der Waals surface area contributed by atoms with Crippen LogP contribution in [0.1, 0.15) is 0 Å². The van der Waals surface area contributed by atoms with Crippen LogP contribution < -0.4 is 10.1 Å². The van der Waals surface area contributed by atoms with Gasteiger partial charge in [-0.25, -0.2) is 4.79 Å². The van der Waals surface area contributed by atoms with Crippen molar-refractivity contribution in [3.05, 3.63) is 109 Å². The highest BCUT2D eigenvalue weighted by molar-refractivity contribution is 6.25. The zero-order chi connectivity index (χ0) is 24.9. The number of hydrogen-bond acceptors (Lipinski definition) is 4. The summed E-state index contributed by atoms with van der Waals surface area (Å²) in [4.78, 5) is 12.4. The van der Waals surface area contributed by atoms with Crippen molar-refractivity contribution >= 4 is 60.8 Å². The van der Waals surface area contributed by atoms with Gasteiger partial charge in [0.25, 0.3) is 0 Å². The SMILES string of the molecule is COC(=O)Oc1c(Nc2ccc3ccc4cccc5ccc2c3c45)c2ccccc2n1-c1ccccc1. The number of methoxy groups -OCH3 is 1. The lowest BCUT2D eigenvalue weighted by atomic mass is 9.93. The van der Waals surface area contributed by atoms with E-state index < -0.39 is 6.16 Å². The van der Waals surface area contributed by atoms with E-state index in [1.807, 2.05) is 59.2 Å². The fraction of sp³-hybridized carbons (Fsp3) is 0.0312. The van der Waals surface area contributed by atoms with Gasteiger partial charge in [0.15, 0.2) is 0 Å². The van der Waals surface area contributed by atoms with Gasteiger partial charge in [0.05, 0.1) is 12.6 Å². The second-order valence-electron chi connectivity index (χ2n) is 9.02. The van der Waals surface area contributed by atoms with Crippen LogP contribution in [-0.4, -0.2) is 17.8 Å². The molecule has 0 saturated carbocycles. The smallest absolute Gasteiger partial charge is 0.437 e. The van der Waals surface area contributed by atoms with E-state index in [1.165, 1.54) is 34.0 Å². The molecule has 178 valence electrons. The Morgan fingerprint density at radius 3 is 2.14 bits per heavy atom. The number of anilines is 2. The lowest BCUT2D eigenvalue weighted by Crippen LogP contribution is -2.11. The number of carbonyl (C=O) groups is 1. The summed E-state index contributed by atoms with van der Waals surface area (Å²) in [5.74, 6) is 0.366. The molecule has 0 bridgehead atoms. The van der Waals surface area contributed by atoms with Gasteiger partial charge in [-0.2, -0.15) is 0 Å². The van der Waals surface area contributed by atoms with Gasteiger partial charge >= 0.3 is 6.16 Å². The molecule has 1 N–H and O–H groups in total. The molecule has 1 heterocycles. The third-order valence-corrected chi connectivity index (χ3v) is 6.98. The van der Waals surface area contributed by atoms with Crippen LogP contribution >= 0.6 is 0 Å². The molecule has 0 fully saturated rings. The minimum absolute atomic E-state index is 0.366. The fourth-order valence-corrected chi connectivity index (χ4v) is 5.37.